The Morgan fingerprint density at radius 1 is 1.08 bits per heavy atom. The van der Waals surface area contributed by atoms with Crippen LogP contribution in [0.3, 0.4) is 0 Å². The summed E-state index contributed by atoms with van der Waals surface area (Å²) in [6.07, 6.45) is 3.97. The van der Waals surface area contributed by atoms with Crippen LogP contribution in [0.25, 0.3) is 0 Å². The first kappa shape index (κ1) is 16.8. The quantitative estimate of drug-likeness (QED) is 0.791. The molecule has 4 unspecified atom stereocenters. The predicted octanol–water partition coefficient (Wildman–Crippen LogP) is 3.24. The number of rotatable bonds is 3. The van der Waals surface area contributed by atoms with Crippen molar-refractivity contribution in [2.24, 2.45) is 11.3 Å². The highest BCUT2D eigenvalue weighted by molar-refractivity contribution is 5.99. The maximum absolute atomic E-state index is 13.3. The fourth-order valence-corrected chi connectivity index (χ4v) is 5.12. The Morgan fingerprint density at radius 3 is 2.48 bits per heavy atom. The van der Waals surface area contributed by atoms with Crippen molar-refractivity contribution in [2.75, 3.05) is 0 Å². The van der Waals surface area contributed by atoms with Crippen LogP contribution in [0.5, 0.6) is 0 Å². The Bertz CT molecular complexity index is 692. The highest BCUT2D eigenvalue weighted by atomic mass is 16.1. The molecule has 4 nitrogen and oxygen atoms in total. The third kappa shape index (κ3) is 2.63. The van der Waals surface area contributed by atoms with Gasteiger partial charge in [0.15, 0.2) is 5.78 Å². The number of ketones is 1. The largest absolute Gasteiger partial charge is 0.371 e. The molecule has 4 atom stereocenters. The number of hydrogen-bond donors (Lipinski definition) is 3. The van der Waals surface area contributed by atoms with Gasteiger partial charge in [-0.15, -0.1) is 0 Å². The van der Waals surface area contributed by atoms with Gasteiger partial charge in [0.05, 0.1) is 6.17 Å². The lowest BCUT2D eigenvalue weighted by Gasteiger charge is -2.46. The van der Waals surface area contributed by atoms with Gasteiger partial charge in [-0.1, -0.05) is 44.2 Å². The molecule has 25 heavy (non-hydrogen) atoms. The first-order valence-electron chi connectivity index (χ1n) is 9.67. The summed E-state index contributed by atoms with van der Waals surface area (Å²) in [5, 5.41) is 3.69. The lowest BCUT2D eigenvalue weighted by atomic mass is 9.63. The molecule has 1 fully saturated rings. The second kappa shape index (κ2) is 6.26. The normalized spacial score (nSPS) is 33.6. The standard InChI is InChI=1S/C21H29N3O/c1-4-21(5-2)11-15-19(16(25)12-21)18(14-9-7-6-8-10-14)17-13(3)23-24-20(17)22-15/h6-10,13,17-18,20,22-24H,4-5,11-12H2,1-3H3. The molecule has 0 saturated carbocycles. The van der Waals surface area contributed by atoms with E-state index < -0.39 is 0 Å². The van der Waals surface area contributed by atoms with E-state index >= 15 is 0 Å². The average Bonchev–Trinajstić information content (AvgIpc) is 3.01. The van der Waals surface area contributed by atoms with Crippen molar-refractivity contribution in [3.63, 3.8) is 0 Å². The molecule has 4 heteroatoms. The zero-order valence-corrected chi connectivity index (χ0v) is 15.4. The van der Waals surface area contributed by atoms with E-state index in [4.69, 9.17) is 0 Å². The Kier molecular flexibility index (Phi) is 4.20. The van der Waals surface area contributed by atoms with Crippen molar-refractivity contribution in [2.45, 2.75) is 64.6 Å². The second-order valence-electron chi connectivity index (χ2n) is 8.04. The Balaban J connectivity index is 1.83. The topological polar surface area (TPSA) is 53.2 Å². The fraction of sp³-hybridized carbons (Fsp3) is 0.571. The summed E-state index contributed by atoms with van der Waals surface area (Å²) < 4.78 is 0. The van der Waals surface area contributed by atoms with Crippen LogP contribution in [-0.2, 0) is 4.79 Å². The van der Waals surface area contributed by atoms with E-state index in [1.54, 1.807) is 0 Å². The highest BCUT2D eigenvalue weighted by Crippen LogP contribution is 2.50. The van der Waals surface area contributed by atoms with Crippen molar-refractivity contribution in [1.29, 1.82) is 0 Å². The Morgan fingerprint density at radius 2 is 1.80 bits per heavy atom. The molecule has 0 spiro atoms. The summed E-state index contributed by atoms with van der Waals surface area (Å²) in [5.74, 6) is 0.851. The average molecular weight is 339 g/mol. The minimum atomic E-state index is 0.120. The molecule has 0 bridgehead atoms. The molecular weight excluding hydrogens is 310 g/mol. The van der Waals surface area contributed by atoms with Gasteiger partial charge in [0, 0.05) is 35.6 Å². The van der Waals surface area contributed by atoms with Crippen LogP contribution in [-0.4, -0.2) is 18.0 Å². The first-order chi connectivity index (χ1) is 12.1. The zero-order valence-electron chi connectivity index (χ0n) is 15.4. The van der Waals surface area contributed by atoms with Crippen LogP contribution < -0.4 is 16.2 Å². The van der Waals surface area contributed by atoms with E-state index in [1.165, 1.54) is 11.3 Å². The number of allylic oxidation sites excluding steroid dienone is 2. The Hall–Kier alpha value is -1.65. The van der Waals surface area contributed by atoms with E-state index in [1.807, 2.05) is 6.07 Å². The molecule has 0 radical (unpaired) electrons. The third-order valence-corrected chi connectivity index (χ3v) is 6.83. The number of Topliss-reactive ketones (excluding diaryl/α,β-unsaturated/α-hetero) is 1. The molecule has 2 heterocycles. The van der Waals surface area contributed by atoms with Gasteiger partial charge in [-0.25, -0.2) is 5.43 Å². The fourth-order valence-electron chi connectivity index (χ4n) is 5.12. The lowest BCUT2D eigenvalue weighted by Crippen LogP contribution is -2.52. The predicted molar refractivity (Wildman–Crippen MR) is 99.6 cm³/mol. The van der Waals surface area contributed by atoms with Crippen molar-refractivity contribution < 1.29 is 4.79 Å². The summed E-state index contributed by atoms with van der Waals surface area (Å²) in [5.41, 5.74) is 10.4. The molecule has 0 aromatic heterocycles. The van der Waals surface area contributed by atoms with Crippen LogP contribution >= 0.6 is 0 Å². The molecule has 1 aromatic rings. The summed E-state index contributed by atoms with van der Waals surface area (Å²) in [7, 11) is 0. The van der Waals surface area contributed by atoms with Gasteiger partial charge in [0.2, 0.25) is 0 Å². The number of carbonyl (C=O) groups excluding carboxylic acids is 1. The van der Waals surface area contributed by atoms with E-state index in [-0.39, 0.29) is 17.5 Å². The number of hydrazine groups is 1. The van der Waals surface area contributed by atoms with Gasteiger partial charge in [-0.05, 0) is 37.2 Å². The summed E-state index contributed by atoms with van der Waals surface area (Å²) in [6, 6.07) is 10.9. The van der Waals surface area contributed by atoms with Gasteiger partial charge in [0.25, 0.3) is 0 Å². The maximum atomic E-state index is 13.3. The number of hydrogen-bond acceptors (Lipinski definition) is 4. The minimum Gasteiger partial charge on any atom is -0.371 e. The molecule has 1 aliphatic carbocycles. The molecular formula is C21H29N3O. The molecule has 3 N–H and O–H groups in total. The molecule has 0 amide bonds. The van der Waals surface area contributed by atoms with Crippen LogP contribution in [0, 0.1) is 11.3 Å². The van der Waals surface area contributed by atoms with Gasteiger partial charge in [-0.2, -0.15) is 0 Å². The second-order valence-corrected chi connectivity index (χ2v) is 8.04. The van der Waals surface area contributed by atoms with Gasteiger partial charge in [-0.3, -0.25) is 10.2 Å². The molecule has 3 aliphatic rings. The molecule has 134 valence electrons. The van der Waals surface area contributed by atoms with Gasteiger partial charge >= 0.3 is 0 Å². The van der Waals surface area contributed by atoms with Crippen molar-refractivity contribution >= 4 is 5.78 Å². The van der Waals surface area contributed by atoms with Gasteiger partial charge < -0.3 is 5.32 Å². The molecule has 2 aliphatic heterocycles. The highest BCUT2D eigenvalue weighted by Gasteiger charge is 2.50. The maximum Gasteiger partial charge on any atom is 0.161 e. The van der Waals surface area contributed by atoms with Crippen molar-refractivity contribution in [1.82, 2.24) is 16.2 Å². The van der Waals surface area contributed by atoms with Crippen molar-refractivity contribution in [3.05, 3.63) is 47.2 Å². The van der Waals surface area contributed by atoms with E-state index in [0.717, 1.165) is 24.8 Å². The smallest absolute Gasteiger partial charge is 0.161 e. The zero-order chi connectivity index (χ0) is 17.6. The summed E-state index contributed by atoms with van der Waals surface area (Å²) >= 11 is 0. The van der Waals surface area contributed by atoms with Crippen LogP contribution in [0.2, 0.25) is 0 Å². The number of fused-ring (bicyclic) bond motifs is 1. The molecule has 1 aromatic carbocycles. The molecule has 4 rings (SSSR count). The monoisotopic (exact) mass is 339 g/mol. The SMILES string of the molecule is CCC1(CC)CC(=O)C2=C(C1)NC1NNC(C)C1C2c1ccccc1. The van der Waals surface area contributed by atoms with Crippen LogP contribution in [0.1, 0.15) is 57.9 Å². The van der Waals surface area contributed by atoms with E-state index in [0.29, 0.717) is 24.2 Å². The van der Waals surface area contributed by atoms with Crippen molar-refractivity contribution in [3.8, 4) is 0 Å². The number of carbonyl (C=O) groups is 1. The molecule has 1 saturated heterocycles. The summed E-state index contributed by atoms with van der Waals surface area (Å²) in [6.45, 7) is 6.65. The third-order valence-electron chi connectivity index (χ3n) is 6.83. The number of benzene rings is 1. The first-order valence-corrected chi connectivity index (χ1v) is 9.67. The van der Waals surface area contributed by atoms with Crippen LogP contribution in [0.15, 0.2) is 41.6 Å². The summed E-state index contributed by atoms with van der Waals surface area (Å²) in [4.78, 5) is 13.3. The van der Waals surface area contributed by atoms with E-state index in [2.05, 4.69) is 61.2 Å². The Labute approximate surface area is 150 Å². The van der Waals surface area contributed by atoms with Gasteiger partial charge in [0.1, 0.15) is 0 Å². The minimum absolute atomic E-state index is 0.120. The lowest BCUT2D eigenvalue weighted by molar-refractivity contribution is -0.119. The van der Waals surface area contributed by atoms with E-state index in [9.17, 15) is 4.79 Å². The van der Waals surface area contributed by atoms with Crippen LogP contribution in [0.4, 0.5) is 0 Å². The number of nitrogens with one attached hydrogen (secondary N) is 3.